The van der Waals surface area contributed by atoms with E-state index in [0.717, 1.165) is 29.8 Å². The van der Waals surface area contributed by atoms with Crippen molar-refractivity contribution in [1.82, 2.24) is 9.13 Å². The fraction of sp³-hybridized carbons (Fsp3) is 0.0278. The van der Waals surface area contributed by atoms with Crippen LogP contribution < -0.4 is 36.5 Å². The minimum atomic E-state index is -2.87. The Kier molecular flexibility index (Phi) is 10.8. The monoisotopic (exact) mass is 997 g/mol. The number of aryl methyl sites for hydroxylation is 1. The SMILES string of the molecule is C1=Cc2c(c3ccccc3n2-c2ccc3c(c2)c2ccccc2n3-c2cc(-c3cccc([Si](c4ccccc4)(c4ccccc4)c4ccccc4)c3)cc(N3B(c4ccccc4)c4ccccc4-c4ccccc43)c2)CC1. The molecule has 0 atom stereocenters. The highest BCUT2D eigenvalue weighted by Gasteiger charge is 2.42. The number of allylic oxidation sites excluding steroid dienone is 1. The van der Waals surface area contributed by atoms with Crippen LogP contribution in [-0.2, 0) is 6.42 Å². The van der Waals surface area contributed by atoms with Crippen LogP contribution in [0.4, 0.5) is 11.4 Å². The molecule has 0 saturated heterocycles. The number of rotatable bonds is 9. The van der Waals surface area contributed by atoms with Crippen molar-refractivity contribution in [3.63, 3.8) is 0 Å². The van der Waals surface area contributed by atoms with Gasteiger partial charge >= 0.3 is 6.85 Å². The maximum absolute atomic E-state index is 2.87. The summed E-state index contributed by atoms with van der Waals surface area (Å²) in [5.41, 5.74) is 18.3. The number of hydrogen-bond donors (Lipinski definition) is 0. The Labute approximate surface area is 451 Å². The van der Waals surface area contributed by atoms with Gasteiger partial charge in [0.1, 0.15) is 0 Å². The predicted octanol–water partition coefficient (Wildman–Crippen LogP) is 13.7. The summed E-state index contributed by atoms with van der Waals surface area (Å²) >= 11 is 0. The Bertz CT molecular complexity index is 4310. The molecule has 0 spiro atoms. The van der Waals surface area contributed by atoms with Crippen LogP contribution in [0.1, 0.15) is 17.7 Å². The van der Waals surface area contributed by atoms with E-state index in [1.54, 1.807) is 0 Å². The summed E-state index contributed by atoms with van der Waals surface area (Å²) < 4.78 is 5.00. The number of para-hydroxylation sites is 3. The molecular weight excluding hydrogens is 946 g/mol. The van der Waals surface area contributed by atoms with Gasteiger partial charge in [0.2, 0.25) is 0 Å². The molecule has 0 unspecified atom stereocenters. The van der Waals surface area contributed by atoms with Crippen molar-refractivity contribution >= 4 is 96.8 Å². The number of hydrogen-bond acceptors (Lipinski definition) is 1. The number of nitrogens with zero attached hydrogens (tertiary/aromatic N) is 3. The molecule has 362 valence electrons. The van der Waals surface area contributed by atoms with Gasteiger partial charge in [0.15, 0.2) is 8.07 Å². The molecule has 77 heavy (non-hydrogen) atoms. The van der Waals surface area contributed by atoms with Gasteiger partial charge in [0.25, 0.3) is 0 Å². The van der Waals surface area contributed by atoms with Gasteiger partial charge in [-0.05, 0) is 122 Å². The highest BCUT2D eigenvalue weighted by molar-refractivity contribution is 7.20. The normalized spacial score (nSPS) is 13.0. The summed E-state index contributed by atoms with van der Waals surface area (Å²) in [4.78, 5) is 2.61. The van der Waals surface area contributed by atoms with Crippen LogP contribution in [0.15, 0.2) is 285 Å². The molecule has 15 rings (SSSR count). The molecule has 2 aromatic heterocycles. The van der Waals surface area contributed by atoms with E-state index >= 15 is 0 Å². The van der Waals surface area contributed by atoms with Crippen LogP contribution in [-0.4, -0.2) is 24.1 Å². The number of aromatic nitrogens is 2. The van der Waals surface area contributed by atoms with Gasteiger partial charge in [-0.2, -0.15) is 0 Å². The Morgan fingerprint density at radius 1 is 0.364 bits per heavy atom. The lowest BCUT2D eigenvalue weighted by molar-refractivity contribution is 0.968. The van der Waals surface area contributed by atoms with Crippen molar-refractivity contribution in [3.8, 4) is 33.6 Å². The zero-order chi connectivity index (χ0) is 50.9. The minimum Gasteiger partial charge on any atom is -0.376 e. The summed E-state index contributed by atoms with van der Waals surface area (Å²) in [7, 11) is -2.87. The molecule has 2 aliphatic rings. The number of anilines is 2. The number of benzene rings is 11. The predicted molar refractivity (Wildman–Crippen MR) is 330 cm³/mol. The van der Waals surface area contributed by atoms with Crippen molar-refractivity contribution in [2.75, 3.05) is 4.81 Å². The van der Waals surface area contributed by atoms with Crippen LogP contribution in [0.5, 0.6) is 0 Å². The van der Waals surface area contributed by atoms with E-state index in [2.05, 4.69) is 305 Å². The highest BCUT2D eigenvalue weighted by atomic mass is 28.3. The molecule has 5 heteroatoms. The fourth-order valence-electron chi connectivity index (χ4n) is 13.3. The maximum atomic E-state index is 2.61. The van der Waals surface area contributed by atoms with Crippen LogP contribution in [0.25, 0.3) is 72.4 Å². The standard InChI is InChI=1S/C72H52BN3Si/c1-5-25-53(26-6-1)73-67-39-18-13-34-61(67)62-35-17-22-43-72(62)76(73)56-47-52(51-24-23-33-60(48-51)77(57-27-7-2-8-28-57,58-29-9-3-10-30-58)59-31-11-4-12-32-59)46-55(49-56)75-70-42-21-16-38-65(70)66-50-54(44-45-71(66)75)74-68-40-19-14-36-63(68)64-37-15-20-41-69(64)74/h1-14,16-36,38-50H,15,37H2. The van der Waals surface area contributed by atoms with E-state index < -0.39 is 8.07 Å². The second kappa shape index (κ2) is 18.5. The van der Waals surface area contributed by atoms with Crippen molar-refractivity contribution in [2.24, 2.45) is 0 Å². The van der Waals surface area contributed by atoms with Gasteiger partial charge in [-0.3, -0.25) is 0 Å². The van der Waals surface area contributed by atoms with E-state index in [9.17, 15) is 0 Å². The molecule has 3 heterocycles. The first-order chi connectivity index (χ1) is 38.2. The molecular formula is C72H52BN3Si. The third kappa shape index (κ3) is 7.19. The zero-order valence-electron chi connectivity index (χ0n) is 42.5. The van der Waals surface area contributed by atoms with E-state index in [0.29, 0.717) is 0 Å². The summed E-state index contributed by atoms with van der Waals surface area (Å²) in [6.45, 7) is -0.0943. The molecule has 13 aromatic rings. The van der Waals surface area contributed by atoms with E-state index in [-0.39, 0.29) is 6.85 Å². The smallest absolute Gasteiger partial charge is 0.328 e. The first-order valence-corrected chi connectivity index (χ1v) is 29.0. The van der Waals surface area contributed by atoms with Crippen LogP contribution in [0, 0.1) is 0 Å². The van der Waals surface area contributed by atoms with Crippen molar-refractivity contribution in [2.45, 2.75) is 12.8 Å². The molecule has 0 radical (unpaired) electrons. The van der Waals surface area contributed by atoms with E-state index in [1.807, 2.05) is 0 Å². The fourth-order valence-corrected chi connectivity index (χ4v) is 18.1. The molecule has 1 aliphatic carbocycles. The molecule has 0 amide bonds. The van der Waals surface area contributed by atoms with Crippen LogP contribution in [0.2, 0.25) is 0 Å². The van der Waals surface area contributed by atoms with Crippen LogP contribution in [0.3, 0.4) is 0 Å². The molecule has 0 fully saturated rings. The second-order valence-electron chi connectivity index (χ2n) is 20.7. The molecule has 0 N–H and O–H groups in total. The topological polar surface area (TPSA) is 13.1 Å². The quantitative estimate of drug-likeness (QED) is 0.104. The molecule has 11 aromatic carbocycles. The van der Waals surface area contributed by atoms with Crippen LogP contribution >= 0.6 is 0 Å². The van der Waals surface area contributed by atoms with Gasteiger partial charge in [-0.1, -0.05) is 236 Å². The maximum Gasteiger partial charge on any atom is 0.328 e. The number of fused-ring (bicyclic) bond motifs is 9. The molecule has 0 saturated carbocycles. The first-order valence-electron chi connectivity index (χ1n) is 27.0. The van der Waals surface area contributed by atoms with Gasteiger partial charge in [0, 0.05) is 50.2 Å². The largest absolute Gasteiger partial charge is 0.376 e. The Morgan fingerprint density at radius 2 is 0.935 bits per heavy atom. The second-order valence-corrected chi connectivity index (χ2v) is 24.5. The average molecular weight is 998 g/mol. The van der Waals surface area contributed by atoms with Gasteiger partial charge in [-0.25, -0.2) is 0 Å². The lowest BCUT2D eigenvalue weighted by Crippen LogP contribution is -2.74. The average Bonchev–Trinajstić information content (AvgIpc) is 4.03. The van der Waals surface area contributed by atoms with Crippen molar-refractivity contribution in [3.05, 3.63) is 296 Å². The first kappa shape index (κ1) is 45.0. The molecule has 3 nitrogen and oxygen atoms in total. The van der Waals surface area contributed by atoms with E-state index in [4.69, 9.17) is 0 Å². The minimum absolute atomic E-state index is 0.0943. The van der Waals surface area contributed by atoms with Crippen molar-refractivity contribution < 1.29 is 0 Å². The third-order valence-corrected chi connectivity index (χ3v) is 21.3. The van der Waals surface area contributed by atoms with Crippen molar-refractivity contribution in [1.29, 1.82) is 0 Å². The molecule has 0 bridgehead atoms. The Balaban J connectivity index is 1.01. The summed E-state index contributed by atoms with van der Waals surface area (Å²) in [6.07, 6.45) is 6.78. The zero-order valence-corrected chi connectivity index (χ0v) is 43.5. The lowest BCUT2D eigenvalue weighted by atomic mass is 9.46. The molecule has 1 aliphatic heterocycles. The summed E-state index contributed by atoms with van der Waals surface area (Å²) in [5, 5.41) is 9.19. The Hall–Kier alpha value is -9.42. The van der Waals surface area contributed by atoms with Gasteiger partial charge in [0.05, 0.1) is 16.6 Å². The summed E-state index contributed by atoms with van der Waals surface area (Å²) in [6, 6.07) is 105. The Morgan fingerprint density at radius 3 is 1.66 bits per heavy atom. The van der Waals surface area contributed by atoms with Gasteiger partial charge in [-0.15, -0.1) is 0 Å². The highest BCUT2D eigenvalue weighted by Crippen LogP contribution is 2.44. The summed E-state index contributed by atoms with van der Waals surface area (Å²) in [5.74, 6) is 0. The van der Waals surface area contributed by atoms with Gasteiger partial charge < -0.3 is 13.9 Å². The third-order valence-electron chi connectivity index (χ3n) is 16.5. The van der Waals surface area contributed by atoms with E-state index in [1.165, 1.54) is 104 Å². The lowest BCUT2D eigenvalue weighted by Gasteiger charge is -2.39.